The van der Waals surface area contributed by atoms with Crippen LogP contribution in [0.15, 0.2) is 0 Å². The second-order valence-corrected chi connectivity index (χ2v) is 6.07. The van der Waals surface area contributed by atoms with E-state index in [0.29, 0.717) is 11.3 Å². The van der Waals surface area contributed by atoms with Gasteiger partial charge in [0.15, 0.2) is 0 Å². The number of halogens is 1. The van der Waals surface area contributed by atoms with Gasteiger partial charge in [0.25, 0.3) is 0 Å². The molecule has 1 aliphatic rings. The predicted molar refractivity (Wildman–Crippen MR) is 69.4 cm³/mol. The van der Waals surface area contributed by atoms with Gasteiger partial charge in [-0.25, -0.2) is 0 Å². The van der Waals surface area contributed by atoms with Crippen molar-refractivity contribution in [1.29, 1.82) is 0 Å². The summed E-state index contributed by atoms with van der Waals surface area (Å²) in [4.78, 5) is 0. The Kier molecular flexibility index (Phi) is 4.20. The van der Waals surface area contributed by atoms with Crippen molar-refractivity contribution in [3.63, 3.8) is 0 Å². The summed E-state index contributed by atoms with van der Waals surface area (Å²) < 4.78 is 0. The Balaban J connectivity index is 2.10. The van der Waals surface area contributed by atoms with Gasteiger partial charge in [-0.05, 0) is 25.7 Å². The van der Waals surface area contributed by atoms with Crippen molar-refractivity contribution in [1.82, 2.24) is 10.2 Å². The molecule has 2 nitrogen and oxygen atoms in total. The highest BCUT2D eigenvalue weighted by Gasteiger charge is 2.36. The van der Waals surface area contributed by atoms with E-state index >= 15 is 0 Å². The van der Waals surface area contributed by atoms with E-state index in [9.17, 15) is 0 Å². The van der Waals surface area contributed by atoms with Crippen LogP contribution in [0.1, 0.15) is 55.5 Å². The lowest BCUT2D eigenvalue weighted by Gasteiger charge is -2.23. The zero-order chi connectivity index (χ0) is 11.4. The minimum absolute atomic E-state index is 0.358. The molecule has 0 saturated heterocycles. The summed E-state index contributed by atoms with van der Waals surface area (Å²) in [5, 5.41) is 11.2. The molecule has 1 heterocycles. The first-order valence-electron chi connectivity index (χ1n) is 6.19. The van der Waals surface area contributed by atoms with Gasteiger partial charge < -0.3 is 0 Å². The van der Waals surface area contributed by atoms with Crippen LogP contribution in [0, 0.1) is 0 Å². The second-order valence-electron chi connectivity index (χ2n) is 4.63. The van der Waals surface area contributed by atoms with Gasteiger partial charge in [-0.1, -0.05) is 19.8 Å². The number of aromatic nitrogens is 2. The maximum atomic E-state index is 5.70. The molecule has 0 aliphatic heterocycles. The zero-order valence-electron chi connectivity index (χ0n) is 9.84. The van der Waals surface area contributed by atoms with Gasteiger partial charge in [-0.15, -0.1) is 33.1 Å². The van der Waals surface area contributed by atoms with Gasteiger partial charge in [0, 0.05) is 17.7 Å². The fraction of sp³-hybridized carbons (Fsp3) is 0.833. The minimum atomic E-state index is 0.358. The Morgan fingerprint density at radius 1 is 1.31 bits per heavy atom. The smallest absolute Gasteiger partial charge is 0.123 e. The average molecular weight is 259 g/mol. The van der Waals surface area contributed by atoms with Crippen molar-refractivity contribution in [3.05, 3.63) is 10.0 Å². The number of alkyl halides is 1. The number of hydrogen-bond donors (Lipinski definition) is 0. The highest BCUT2D eigenvalue weighted by Crippen LogP contribution is 2.44. The van der Waals surface area contributed by atoms with E-state index < -0.39 is 0 Å². The Hall–Kier alpha value is -0.150. The van der Waals surface area contributed by atoms with E-state index in [1.54, 1.807) is 0 Å². The average Bonchev–Trinajstić information content (AvgIpc) is 2.95. The molecule has 0 radical (unpaired) electrons. The molecule has 1 aromatic rings. The number of hydrogen-bond acceptors (Lipinski definition) is 3. The number of nitrogens with zero attached hydrogens (tertiary/aromatic N) is 2. The first-order chi connectivity index (χ1) is 7.80. The zero-order valence-corrected chi connectivity index (χ0v) is 11.4. The summed E-state index contributed by atoms with van der Waals surface area (Å²) in [6.45, 7) is 2.28. The fourth-order valence-corrected chi connectivity index (χ4v) is 3.89. The van der Waals surface area contributed by atoms with Crippen molar-refractivity contribution < 1.29 is 0 Å². The van der Waals surface area contributed by atoms with E-state index in [-0.39, 0.29) is 0 Å². The van der Waals surface area contributed by atoms with E-state index in [1.165, 1.54) is 37.1 Å². The monoisotopic (exact) mass is 258 g/mol. The van der Waals surface area contributed by atoms with Crippen LogP contribution >= 0.6 is 22.9 Å². The minimum Gasteiger partial charge on any atom is -0.144 e. The van der Waals surface area contributed by atoms with Crippen LogP contribution in [0.2, 0.25) is 0 Å². The summed E-state index contributed by atoms with van der Waals surface area (Å²) in [6, 6.07) is 0. The molecule has 0 atom stereocenters. The van der Waals surface area contributed by atoms with Crippen molar-refractivity contribution in [3.8, 4) is 0 Å². The lowest BCUT2D eigenvalue weighted by atomic mass is 9.84. The lowest BCUT2D eigenvalue weighted by molar-refractivity contribution is 0.419. The van der Waals surface area contributed by atoms with E-state index in [0.717, 1.165) is 17.8 Å². The molecule has 1 aromatic heterocycles. The summed E-state index contributed by atoms with van der Waals surface area (Å²) in [5.74, 6) is 0.716. The third kappa shape index (κ3) is 2.40. The van der Waals surface area contributed by atoms with Crippen LogP contribution in [0.4, 0.5) is 0 Å². The van der Waals surface area contributed by atoms with Crippen LogP contribution in [-0.2, 0) is 11.8 Å². The molecule has 2 rings (SSSR count). The van der Waals surface area contributed by atoms with Crippen molar-refractivity contribution in [2.75, 3.05) is 5.88 Å². The molecule has 1 saturated carbocycles. The van der Waals surface area contributed by atoms with Gasteiger partial charge in [-0.2, -0.15) is 0 Å². The third-order valence-electron chi connectivity index (χ3n) is 3.68. The normalized spacial score (nSPS) is 19.1. The SMILES string of the molecule is CCC1(c2nnc(CCCCl)s2)CCCC1. The van der Waals surface area contributed by atoms with Crippen molar-refractivity contribution >= 4 is 22.9 Å². The largest absolute Gasteiger partial charge is 0.144 e. The van der Waals surface area contributed by atoms with Gasteiger partial charge in [-0.3, -0.25) is 0 Å². The molecule has 0 amide bonds. The van der Waals surface area contributed by atoms with E-state index in [2.05, 4.69) is 17.1 Å². The summed E-state index contributed by atoms with van der Waals surface area (Å²) in [6.07, 6.45) is 8.50. The molecule has 0 unspecified atom stereocenters. The summed E-state index contributed by atoms with van der Waals surface area (Å²) >= 11 is 7.51. The Bertz CT molecular complexity index is 332. The molecular weight excluding hydrogens is 240 g/mol. The van der Waals surface area contributed by atoms with Crippen LogP contribution < -0.4 is 0 Å². The highest BCUT2D eigenvalue weighted by molar-refractivity contribution is 7.11. The summed E-state index contributed by atoms with van der Waals surface area (Å²) in [7, 11) is 0. The van der Waals surface area contributed by atoms with Crippen molar-refractivity contribution in [2.24, 2.45) is 0 Å². The molecule has 16 heavy (non-hydrogen) atoms. The van der Waals surface area contributed by atoms with Gasteiger partial charge >= 0.3 is 0 Å². The standard InChI is InChI=1S/C12H19ClN2S/c1-2-12(7-3-4-8-12)11-15-14-10(16-11)6-5-9-13/h2-9H2,1H3. The van der Waals surface area contributed by atoms with Crippen molar-refractivity contribution in [2.45, 2.75) is 57.3 Å². The molecule has 1 fully saturated rings. The van der Waals surface area contributed by atoms with Crippen LogP contribution in [0.3, 0.4) is 0 Å². The predicted octanol–water partition coefficient (Wildman–Crippen LogP) is 3.93. The first kappa shape index (κ1) is 12.3. The van der Waals surface area contributed by atoms with E-state index in [1.807, 2.05) is 11.3 Å². The van der Waals surface area contributed by atoms with Crippen LogP contribution in [0.25, 0.3) is 0 Å². The van der Waals surface area contributed by atoms with Gasteiger partial charge in [0.1, 0.15) is 10.0 Å². The van der Waals surface area contributed by atoms with Crippen LogP contribution in [0.5, 0.6) is 0 Å². The molecule has 0 N–H and O–H groups in total. The maximum absolute atomic E-state index is 5.70. The Labute approximate surface area is 106 Å². The molecule has 0 bridgehead atoms. The fourth-order valence-electron chi connectivity index (χ4n) is 2.56. The van der Waals surface area contributed by atoms with Crippen LogP contribution in [-0.4, -0.2) is 16.1 Å². The molecule has 0 aromatic carbocycles. The molecule has 4 heteroatoms. The van der Waals surface area contributed by atoms with Gasteiger partial charge in [0.05, 0.1) is 0 Å². The second kappa shape index (κ2) is 5.46. The first-order valence-corrected chi connectivity index (χ1v) is 7.55. The number of rotatable bonds is 5. The lowest BCUT2D eigenvalue weighted by Crippen LogP contribution is -2.20. The molecule has 1 aliphatic carbocycles. The third-order valence-corrected chi connectivity index (χ3v) is 5.18. The maximum Gasteiger partial charge on any atom is 0.123 e. The number of aryl methyl sites for hydroxylation is 1. The quantitative estimate of drug-likeness (QED) is 0.748. The Morgan fingerprint density at radius 2 is 2.06 bits per heavy atom. The topological polar surface area (TPSA) is 25.8 Å². The summed E-state index contributed by atoms with van der Waals surface area (Å²) in [5.41, 5.74) is 0.358. The molecule has 0 spiro atoms. The Morgan fingerprint density at radius 3 is 2.69 bits per heavy atom. The molecular formula is C12H19ClN2S. The van der Waals surface area contributed by atoms with E-state index in [4.69, 9.17) is 11.6 Å². The van der Waals surface area contributed by atoms with Gasteiger partial charge in [0.2, 0.25) is 0 Å². The molecule has 90 valence electrons. The highest BCUT2D eigenvalue weighted by atomic mass is 35.5.